The normalized spacial score (nSPS) is 19.0. The molecule has 0 aliphatic carbocycles. The quantitative estimate of drug-likeness (QED) is 0.559. The summed E-state index contributed by atoms with van der Waals surface area (Å²) in [6.07, 6.45) is 12.5. The van der Waals surface area contributed by atoms with Crippen molar-refractivity contribution in [2.45, 2.75) is 52.9 Å². The van der Waals surface area contributed by atoms with Crippen LogP contribution in [0.1, 0.15) is 52.9 Å². The predicted octanol–water partition coefficient (Wildman–Crippen LogP) is 4.41. The lowest BCUT2D eigenvalue weighted by molar-refractivity contribution is -0.122. The van der Waals surface area contributed by atoms with Gasteiger partial charge in [-0.1, -0.05) is 32.6 Å². The molecule has 0 saturated carbocycles. The van der Waals surface area contributed by atoms with Crippen LogP contribution in [0.5, 0.6) is 0 Å². The fourth-order valence-corrected chi connectivity index (χ4v) is 2.24. The van der Waals surface area contributed by atoms with Crippen molar-refractivity contribution in [3.63, 3.8) is 0 Å². The van der Waals surface area contributed by atoms with E-state index in [2.05, 4.69) is 18.8 Å². The topological polar surface area (TPSA) is 38.3 Å². The monoisotopic (exact) mass is 307 g/mol. The molecule has 22 heavy (non-hydrogen) atoms. The molecule has 0 bridgehead atoms. The minimum Gasteiger partial charge on any atom is -0.494 e. The Morgan fingerprint density at radius 2 is 2.09 bits per heavy atom. The van der Waals surface area contributed by atoms with Gasteiger partial charge in [0.25, 0.3) is 0 Å². The number of Topliss-reactive ketones (excluding diaryl/α,β-unsaturated/α-hetero) is 1. The average molecular weight is 307 g/mol. The van der Waals surface area contributed by atoms with Gasteiger partial charge < -0.3 is 10.1 Å². The van der Waals surface area contributed by atoms with Crippen LogP contribution in [0, 0.1) is 5.92 Å². The highest BCUT2D eigenvalue weighted by Gasteiger charge is 2.17. The van der Waals surface area contributed by atoms with Crippen LogP contribution in [0.25, 0.3) is 0 Å². The van der Waals surface area contributed by atoms with Crippen LogP contribution in [0.3, 0.4) is 0 Å². The second kappa shape index (κ2) is 14.6. The summed E-state index contributed by atoms with van der Waals surface area (Å²) in [6.45, 7) is 12.5. The van der Waals surface area contributed by atoms with Gasteiger partial charge in [0.1, 0.15) is 11.5 Å². The third-order valence-corrected chi connectivity index (χ3v) is 3.53. The summed E-state index contributed by atoms with van der Waals surface area (Å²) < 4.78 is 5.37. The minimum absolute atomic E-state index is 0.356. The minimum atomic E-state index is 0.356. The van der Waals surface area contributed by atoms with E-state index in [-0.39, 0.29) is 0 Å². The Hall–Kier alpha value is -1.35. The van der Waals surface area contributed by atoms with Crippen molar-refractivity contribution in [1.82, 2.24) is 5.32 Å². The van der Waals surface area contributed by atoms with Crippen LogP contribution in [0.15, 0.2) is 36.6 Å². The molecule has 0 spiro atoms. The van der Waals surface area contributed by atoms with Crippen molar-refractivity contribution in [3.05, 3.63) is 36.6 Å². The maximum Gasteiger partial charge on any atom is 0.135 e. The highest BCUT2D eigenvalue weighted by molar-refractivity contribution is 5.80. The van der Waals surface area contributed by atoms with Crippen LogP contribution in [0.4, 0.5) is 0 Å². The van der Waals surface area contributed by atoms with Gasteiger partial charge in [0, 0.05) is 12.3 Å². The van der Waals surface area contributed by atoms with Gasteiger partial charge in [-0.05, 0) is 57.8 Å². The van der Waals surface area contributed by atoms with E-state index in [4.69, 9.17) is 4.74 Å². The van der Waals surface area contributed by atoms with Gasteiger partial charge in [-0.15, -0.1) is 0 Å². The number of nitrogens with one attached hydrogen (secondary N) is 1. The molecule has 1 fully saturated rings. The Morgan fingerprint density at radius 3 is 2.68 bits per heavy atom. The molecule has 1 heterocycles. The number of ether oxygens (including phenoxy) is 1. The Kier molecular flexibility index (Phi) is 13.7. The average Bonchev–Trinajstić information content (AvgIpc) is 2.84. The Morgan fingerprint density at radius 1 is 1.32 bits per heavy atom. The van der Waals surface area contributed by atoms with E-state index in [0.717, 1.165) is 51.1 Å². The Balaban J connectivity index is 0.000000401. The first kappa shape index (κ1) is 20.6. The van der Waals surface area contributed by atoms with Crippen molar-refractivity contribution < 1.29 is 9.53 Å². The lowest BCUT2D eigenvalue weighted by Crippen LogP contribution is -2.17. The second-order valence-electron chi connectivity index (χ2n) is 5.33. The number of hydrogen-bond acceptors (Lipinski definition) is 3. The Bertz CT molecular complexity index is 350. The van der Waals surface area contributed by atoms with Gasteiger partial charge in [-0.3, -0.25) is 4.79 Å². The summed E-state index contributed by atoms with van der Waals surface area (Å²) >= 11 is 0. The van der Waals surface area contributed by atoms with Crippen LogP contribution >= 0.6 is 0 Å². The SMILES string of the molecule is C=C/C=C\C(=C/C)OCCC.CCC(=O)C1CCCNCC1. The van der Waals surface area contributed by atoms with Gasteiger partial charge >= 0.3 is 0 Å². The number of hydrogen-bond donors (Lipinski definition) is 1. The van der Waals surface area contributed by atoms with Crippen LogP contribution in [-0.2, 0) is 9.53 Å². The molecule has 1 atom stereocenters. The number of allylic oxidation sites excluding steroid dienone is 4. The molecule has 0 radical (unpaired) electrons. The largest absolute Gasteiger partial charge is 0.494 e. The van der Waals surface area contributed by atoms with Crippen molar-refractivity contribution >= 4 is 5.78 Å². The number of ketones is 1. The molecule has 1 aliphatic heterocycles. The van der Waals surface area contributed by atoms with E-state index in [1.54, 1.807) is 6.08 Å². The lowest BCUT2D eigenvalue weighted by Gasteiger charge is -2.09. The standard InChI is InChI=1S/C10H16O.C9H17NO/c1-4-7-8-10(6-3)11-9-5-2;1-2-9(11)8-4-3-6-10-7-5-8/h4,6-8H,1,5,9H2,2-3H3;8,10H,2-7H2,1H3/b8-7-,10-6+;. The fraction of sp³-hybridized carbons (Fsp3) is 0.632. The summed E-state index contributed by atoms with van der Waals surface area (Å²) in [7, 11) is 0. The zero-order valence-electron chi connectivity index (χ0n) is 14.6. The molecule has 1 saturated heterocycles. The molecule has 0 amide bonds. The molecule has 3 nitrogen and oxygen atoms in total. The zero-order valence-corrected chi connectivity index (χ0v) is 14.6. The van der Waals surface area contributed by atoms with Crippen LogP contribution < -0.4 is 5.32 Å². The summed E-state index contributed by atoms with van der Waals surface area (Å²) in [5.74, 6) is 1.72. The van der Waals surface area contributed by atoms with Gasteiger partial charge in [-0.25, -0.2) is 0 Å². The fourth-order valence-electron chi connectivity index (χ4n) is 2.24. The maximum atomic E-state index is 11.3. The van der Waals surface area contributed by atoms with E-state index < -0.39 is 0 Å². The molecule has 1 rings (SSSR count). The molecule has 0 aromatic carbocycles. The molecular formula is C19H33NO2. The highest BCUT2D eigenvalue weighted by Crippen LogP contribution is 2.15. The number of carbonyl (C=O) groups excluding carboxylic acids is 1. The first-order valence-corrected chi connectivity index (χ1v) is 8.51. The van der Waals surface area contributed by atoms with Gasteiger partial charge in [0.2, 0.25) is 0 Å². The second-order valence-corrected chi connectivity index (χ2v) is 5.33. The molecule has 0 aromatic heterocycles. The van der Waals surface area contributed by atoms with Crippen molar-refractivity contribution in [2.75, 3.05) is 19.7 Å². The first-order chi connectivity index (χ1) is 10.7. The zero-order chi connectivity index (χ0) is 16.6. The van der Waals surface area contributed by atoms with Gasteiger partial charge in [0.05, 0.1) is 6.61 Å². The van der Waals surface area contributed by atoms with E-state index >= 15 is 0 Å². The van der Waals surface area contributed by atoms with Crippen molar-refractivity contribution in [3.8, 4) is 0 Å². The van der Waals surface area contributed by atoms with E-state index in [1.807, 2.05) is 32.1 Å². The molecule has 1 N–H and O–H groups in total. The van der Waals surface area contributed by atoms with Crippen LogP contribution in [0.2, 0.25) is 0 Å². The van der Waals surface area contributed by atoms with Gasteiger partial charge in [-0.2, -0.15) is 0 Å². The summed E-state index contributed by atoms with van der Waals surface area (Å²) in [5, 5.41) is 3.30. The molecular weight excluding hydrogens is 274 g/mol. The lowest BCUT2D eigenvalue weighted by atomic mass is 9.94. The van der Waals surface area contributed by atoms with E-state index in [9.17, 15) is 4.79 Å². The number of carbonyl (C=O) groups is 1. The van der Waals surface area contributed by atoms with E-state index in [0.29, 0.717) is 18.1 Å². The summed E-state index contributed by atoms with van der Waals surface area (Å²) in [4.78, 5) is 11.3. The third-order valence-electron chi connectivity index (χ3n) is 3.53. The molecule has 3 heteroatoms. The summed E-state index contributed by atoms with van der Waals surface area (Å²) in [6, 6.07) is 0. The molecule has 126 valence electrons. The Labute approximate surface area is 136 Å². The number of rotatable bonds is 7. The maximum absolute atomic E-state index is 11.3. The van der Waals surface area contributed by atoms with Crippen molar-refractivity contribution in [1.29, 1.82) is 0 Å². The predicted molar refractivity (Wildman–Crippen MR) is 94.8 cm³/mol. The molecule has 1 aliphatic rings. The van der Waals surface area contributed by atoms with Crippen LogP contribution in [-0.4, -0.2) is 25.5 Å². The molecule has 1 unspecified atom stereocenters. The van der Waals surface area contributed by atoms with Gasteiger partial charge in [0.15, 0.2) is 0 Å². The smallest absolute Gasteiger partial charge is 0.135 e. The summed E-state index contributed by atoms with van der Waals surface area (Å²) in [5.41, 5.74) is 0. The highest BCUT2D eigenvalue weighted by atomic mass is 16.5. The van der Waals surface area contributed by atoms with Crippen molar-refractivity contribution in [2.24, 2.45) is 5.92 Å². The van der Waals surface area contributed by atoms with E-state index in [1.165, 1.54) is 0 Å². The first-order valence-electron chi connectivity index (χ1n) is 8.51. The molecule has 0 aromatic rings. The third kappa shape index (κ3) is 10.4.